The van der Waals surface area contributed by atoms with Crippen molar-refractivity contribution in [3.8, 4) is 0 Å². The number of hydrogen-bond acceptors (Lipinski definition) is 3. The fourth-order valence-corrected chi connectivity index (χ4v) is 2.82. The number of fused-ring (bicyclic) bond motifs is 1. The minimum atomic E-state index is -0.368. The molecule has 0 bridgehead atoms. The van der Waals surface area contributed by atoms with E-state index in [9.17, 15) is 9.59 Å². The highest BCUT2D eigenvalue weighted by Gasteiger charge is 2.49. The second-order valence-corrected chi connectivity index (χ2v) is 5.30. The molecule has 1 heterocycles. The van der Waals surface area contributed by atoms with Crippen molar-refractivity contribution in [3.05, 3.63) is 23.3 Å². The van der Waals surface area contributed by atoms with Crippen molar-refractivity contribution in [1.29, 1.82) is 0 Å². The minimum Gasteiger partial charge on any atom is -0.392 e. The summed E-state index contributed by atoms with van der Waals surface area (Å²) < 4.78 is 4.81. The van der Waals surface area contributed by atoms with Crippen LogP contribution in [0.4, 0.5) is 0 Å². The first kappa shape index (κ1) is 13.1. The zero-order valence-electron chi connectivity index (χ0n) is 11.2. The summed E-state index contributed by atoms with van der Waals surface area (Å²) in [6, 6.07) is 0. The second kappa shape index (κ2) is 5.09. The molecule has 0 aromatic rings. The number of carbonyl (C=O) groups is 2. The third-order valence-electron chi connectivity index (χ3n) is 3.97. The molecule has 2 rings (SSSR count). The van der Waals surface area contributed by atoms with Crippen molar-refractivity contribution in [1.82, 2.24) is 0 Å². The second-order valence-electron chi connectivity index (χ2n) is 5.30. The molecule has 3 heteroatoms. The average Bonchev–Trinajstić information content (AvgIpc) is 2.63. The molecule has 0 spiro atoms. The van der Waals surface area contributed by atoms with Gasteiger partial charge in [0.25, 0.3) is 0 Å². The number of rotatable bonds is 3. The fraction of sp³-hybridized carbons (Fsp3) is 0.600. The van der Waals surface area contributed by atoms with Crippen LogP contribution in [-0.2, 0) is 14.3 Å². The molecule has 1 aliphatic carbocycles. The molecule has 3 atom stereocenters. The summed E-state index contributed by atoms with van der Waals surface area (Å²) in [5.74, 6) is -1.32. The molecule has 0 aromatic carbocycles. The molecule has 0 aromatic heterocycles. The first-order valence-electron chi connectivity index (χ1n) is 6.69. The number of unbranched alkanes of at least 4 members (excludes halogenated alkanes) is 1. The molecule has 1 fully saturated rings. The molecule has 3 nitrogen and oxygen atoms in total. The van der Waals surface area contributed by atoms with Crippen LogP contribution in [0.15, 0.2) is 23.3 Å². The van der Waals surface area contributed by atoms with Crippen molar-refractivity contribution in [2.24, 2.45) is 17.8 Å². The van der Waals surface area contributed by atoms with Crippen molar-refractivity contribution < 1.29 is 14.3 Å². The summed E-state index contributed by atoms with van der Waals surface area (Å²) in [4.78, 5) is 23.6. The van der Waals surface area contributed by atoms with E-state index in [-0.39, 0.29) is 29.7 Å². The minimum absolute atomic E-state index is 0.0803. The maximum atomic E-state index is 11.8. The van der Waals surface area contributed by atoms with Crippen molar-refractivity contribution in [3.63, 3.8) is 0 Å². The van der Waals surface area contributed by atoms with Crippen LogP contribution in [0.2, 0.25) is 0 Å². The largest absolute Gasteiger partial charge is 0.392 e. The van der Waals surface area contributed by atoms with Crippen LogP contribution in [0.1, 0.15) is 40.0 Å². The summed E-state index contributed by atoms with van der Waals surface area (Å²) in [5.41, 5.74) is 2.21. The number of allylic oxidation sites excluding steroid dienone is 3. The smallest absolute Gasteiger partial charge is 0.321 e. The standard InChI is InChI=1S/C15H20O3/c1-4-5-6-9(2)11-8-7-10(3)12-13(11)15(17)18-14(12)16/h7-8,10,12-13H,4-6H2,1-3H3/b11-9+/t10-,12-,13+/m0/s1. The Morgan fingerprint density at radius 3 is 2.72 bits per heavy atom. The quantitative estimate of drug-likeness (QED) is 0.569. The predicted octanol–water partition coefficient (Wildman–Crippen LogP) is 3.01. The van der Waals surface area contributed by atoms with Gasteiger partial charge in [-0.2, -0.15) is 0 Å². The van der Waals surface area contributed by atoms with Gasteiger partial charge in [0.05, 0.1) is 11.8 Å². The van der Waals surface area contributed by atoms with Crippen LogP contribution >= 0.6 is 0 Å². The van der Waals surface area contributed by atoms with Crippen molar-refractivity contribution in [2.75, 3.05) is 0 Å². The van der Waals surface area contributed by atoms with Crippen LogP contribution in [0, 0.1) is 17.8 Å². The highest BCUT2D eigenvalue weighted by molar-refractivity contribution is 5.99. The third-order valence-corrected chi connectivity index (χ3v) is 3.97. The molecule has 0 radical (unpaired) electrons. The Hall–Kier alpha value is -1.38. The van der Waals surface area contributed by atoms with Gasteiger partial charge in [0.2, 0.25) is 0 Å². The molecular formula is C15H20O3. The predicted molar refractivity (Wildman–Crippen MR) is 68.6 cm³/mol. The van der Waals surface area contributed by atoms with E-state index in [0.29, 0.717) is 0 Å². The summed E-state index contributed by atoms with van der Waals surface area (Å²) in [6.07, 6.45) is 7.25. The lowest BCUT2D eigenvalue weighted by Crippen LogP contribution is -2.28. The summed E-state index contributed by atoms with van der Waals surface area (Å²) in [6.45, 7) is 6.16. The molecule has 18 heavy (non-hydrogen) atoms. The van der Waals surface area contributed by atoms with Crippen LogP contribution in [0.3, 0.4) is 0 Å². The van der Waals surface area contributed by atoms with Crippen LogP contribution in [0.25, 0.3) is 0 Å². The highest BCUT2D eigenvalue weighted by Crippen LogP contribution is 2.41. The van der Waals surface area contributed by atoms with Gasteiger partial charge < -0.3 is 4.74 Å². The molecule has 98 valence electrons. The monoisotopic (exact) mass is 248 g/mol. The van der Waals surface area contributed by atoms with Gasteiger partial charge in [-0.3, -0.25) is 9.59 Å². The lowest BCUT2D eigenvalue weighted by atomic mass is 9.74. The van der Waals surface area contributed by atoms with Crippen LogP contribution in [0.5, 0.6) is 0 Å². The molecule has 0 amide bonds. The molecule has 2 aliphatic rings. The third kappa shape index (κ3) is 2.14. The maximum Gasteiger partial charge on any atom is 0.321 e. The Balaban J connectivity index is 2.34. The number of ether oxygens (including phenoxy) is 1. The van der Waals surface area contributed by atoms with Gasteiger partial charge in [0.1, 0.15) is 0 Å². The van der Waals surface area contributed by atoms with Crippen molar-refractivity contribution in [2.45, 2.75) is 40.0 Å². The summed E-state index contributed by atoms with van der Waals surface area (Å²) in [7, 11) is 0. The normalized spacial score (nSPS) is 33.4. The Morgan fingerprint density at radius 2 is 2.06 bits per heavy atom. The highest BCUT2D eigenvalue weighted by atomic mass is 16.6. The van der Waals surface area contributed by atoms with E-state index in [1.165, 1.54) is 5.57 Å². The van der Waals surface area contributed by atoms with E-state index >= 15 is 0 Å². The van der Waals surface area contributed by atoms with Gasteiger partial charge in [-0.25, -0.2) is 0 Å². The van der Waals surface area contributed by atoms with Gasteiger partial charge in [-0.05, 0) is 31.3 Å². The average molecular weight is 248 g/mol. The first-order chi connectivity index (χ1) is 8.56. The van der Waals surface area contributed by atoms with E-state index in [1.54, 1.807) is 0 Å². The lowest BCUT2D eigenvalue weighted by molar-refractivity contribution is -0.153. The van der Waals surface area contributed by atoms with Gasteiger partial charge in [0, 0.05) is 0 Å². The summed E-state index contributed by atoms with van der Waals surface area (Å²) in [5, 5.41) is 0. The number of hydrogen-bond donors (Lipinski definition) is 0. The van der Waals surface area contributed by atoms with Gasteiger partial charge >= 0.3 is 11.9 Å². The Morgan fingerprint density at radius 1 is 1.33 bits per heavy atom. The van der Waals surface area contributed by atoms with Gasteiger partial charge in [-0.1, -0.05) is 38.0 Å². The molecule has 0 saturated carbocycles. The fourth-order valence-electron chi connectivity index (χ4n) is 2.82. The Bertz CT molecular complexity index is 431. The first-order valence-corrected chi connectivity index (χ1v) is 6.69. The number of esters is 2. The Labute approximate surface area is 108 Å². The van der Waals surface area contributed by atoms with E-state index < -0.39 is 0 Å². The number of cyclic esters (lactones) is 2. The van der Waals surface area contributed by atoms with E-state index in [1.807, 2.05) is 19.1 Å². The van der Waals surface area contributed by atoms with E-state index in [4.69, 9.17) is 4.74 Å². The topological polar surface area (TPSA) is 43.4 Å². The van der Waals surface area contributed by atoms with Gasteiger partial charge in [0.15, 0.2) is 0 Å². The Kier molecular flexibility index (Phi) is 3.69. The maximum absolute atomic E-state index is 11.8. The molecular weight excluding hydrogens is 228 g/mol. The van der Waals surface area contributed by atoms with Crippen molar-refractivity contribution >= 4 is 11.9 Å². The summed E-state index contributed by atoms with van der Waals surface area (Å²) >= 11 is 0. The molecule has 0 N–H and O–H groups in total. The zero-order valence-corrected chi connectivity index (χ0v) is 11.2. The molecule has 1 aliphatic heterocycles. The SMILES string of the molecule is CCCC/C(C)=C1\C=C[C@H](C)[C@@H]2C(=O)OC(=O)[C@H]12. The van der Waals surface area contributed by atoms with E-state index in [0.717, 1.165) is 24.8 Å². The molecule has 1 saturated heterocycles. The zero-order chi connectivity index (χ0) is 13.3. The molecule has 0 unspecified atom stereocenters. The van der Waals surface area contributed by atoms with Gasteiger partial charge in [-0.15, -0.1) is 0 Å². The van der Waals surface area contributed by atoms with Crippen LogP contribution < -0.4 is 0 Å². The van der Waals surface area contributed by atoms with E-state index in [2.05, 4.69) is 13.8 Å². The number of carbonyl (C=O) groups excluding carboxylic acids is 2. The van der Waals surface area contributed by atoms with Crippen LogP contribution in [-0.4, -0.2) is 11.9 Å². The lowest BCUT2D eigenvalue weighted by Gasteiger charge is -2.25.